The number of nitrogens with one attached hydrogen (secondary N) is 1. The van der Waals surface area contributed by atoms with Crippen LogP contribution in [0.1, 0.15) is 29.2 Å². The second-order valence-corrected chi connectivity index (χ2v) is 6.12. The number of phenols is 1. The maximum absolute atomic E-state index is 9.27. The fourth-order valence-electron chi connectivity index (χ4n) is 2.88. The lowest BCUT2D eigenvalue weighted by atomic mass is 10.1. The van der Waals surface area contributed by atoms with Gasteiger partial charge in [-0.05, 0) is 60.7 Å². The zero-order valence-electron chi connectivity index (χ0n) is 11.3. The van der Waals surface area contributed by atoms with Crippen LogP contribution in [0.3, 0.4) is 0 Å². The van der Waals surface area contributed by atoms with Crippen LogP contribution in [-0.2, 0) is 12.8 Å². The molecule has 2 nitrogen and oxygen atoms in total. The number of aromatic hydroxyl groups is 1. The second-order valence-electron chi connectivity index (χ2n) is 5.27. The molecular formula is C17H18BrNO. The van der Waals surface area contributed by atoms with E-state index in [2.05, 4.69) is 39.4 Å². The number of phenolic OH excluding ortho intramolecular Hbond substituents is 1. The minimum absolute atomic E-state index is 0.330. The maximum atomic E-state index is 9.27. The molecule has 104 valence electrons. The van der Waals surface area contributed by atoms with Crippen LogP contribution in [0.5, 0.6) is 5.75 Å². The van der Waals surface area contributed by atoms with E-state index < -0.39 is 0 Å². The Morgan fingerprint density at radius 2 is 1.95 bits per heavy atom. The molecule has 2 aromatic rings. The van der Waals surface area contributed by atoms with Crippen molar-refractivity contribution in [3.63, 3.8) is 0 Å². The normalized spacial score (nSPS) is 17.1. The zero-order valence-corrected chi connectivity index (χ0v) is 12.9. The van der Waals surface area contributed by atoms with Crippen molar-refractivity contribution in [1.29, 1.82) is 0 Å². The first kappa shape index (κ1) is 13.7. The van der Waals surface area contributed by atoms with Gasteiger partial charge < -0.3 is 10.4 Å². The van der Waals surface area contributed by atoms with Crippen LogP contribution < -0.4 is 5.32 Å². The third-order valence-corrected chi connectivity index (χ3v) is 4.70. The molecule has 2 aromatic carbocycles. The van der Waals surface area contributed by atoms with Gasteiger partial charge in [0, 0.05) is 10.5 Å². The van der Waals surface area contributed by atoms with Crippen LogP contribution >= 0.6 is 15.9 Å². The topological polar surface area (TPSA) is 32.3 Å². The van der Waals surface area contributed by atoms with E-state index in [1.54, 1.807) is 12.1 Å². The van der Waals surface area contributed by atoms with Crippen LogP contribution in [0.25, 0.3) is 0 Å². The third-order valence-electron chi connectivity index (χ3n) is 3.95. The fourth-order valence-corrected chi connectivity index (χ4v) is 3.45. The lowest BCUT2D eigenvalue weighted by Crippen LogP contribution is -2.21. The number of fused-ring (bicyclic) bond motifs is 1. The van der Waals surface area contributed by atoms with Gasteiger partial charge >= 0.3 is 0 Å². The van der Waals surface area contributed by atoms with E-state index in [0.29, 0.717) is 11.8 Å². The van der Waals surface area contributed by atoms with E-state index in [1.807, 2.05) is 12.1 Å². The highest BCUT2D eigenvalue weighted by molar-refractivity contribution is 9.10. The summed E-state index contributed by atoms with van der Waals surface area (Å²) in [7, 11) is 0. The summed E-state index contributed by atoms with van der Waals surface area (Å²) in [6.07, 6.45) is 3.31. The molecule has 0 heterocycles. The molecule has 0 amide bonds. The third kappa shape index (κ3) is 2.89. The van der Waals surface area contributed by atoms with Gasteiger partial charge in [0.05, 0.1) is 0 Å². The lowest BCUT2D eigenvalue weighted by Gasteiger charge is -2.14. The number of benzene rings is 2. The molecule has 0 saturated heterocycles. The van der Waals surface area contributed by atoms with Gasteiger partial charge in [0.1, 0.15) is 5.75 Å². The molecule has 3 heteroatoms. The van der Waals surface area contributed by atoms with E-state index >= 15 is 0 Å². The number of rotatable bonds is 4. The monoisotopic (exact) mass is 331 g/mol. The Labute approximate surface area is 128 Å². The molecule has 2 N–H and O–H groups in total. The first-order valence-electron chi connectivity index (χ1n) is 7.02. The Hall–Kier alpha value is -1.32. The van der Waals surface area contributed by atoms with Crippen LogP contribution in [0.15, 0.2) is 46.9 Å². The van der Waals surface area contributed by atoms with Crippen LogP contribution in [0.4, 0.5) is 0 Å². The quantitative estimate of drug-likeness (QED) is 0.888. The Bertz CT molecular complexity index is 594. The maximum Gasteiger partial charge on any atom is 0.115 e. The van der Waals surface area contributed by atoms with Crippen LogP contribution in [-0.4, -0.2) is 11.7 Å². The van der Waals surface area contributed by atoms with E-state index in [4.69, 9.17) is 0 Å². The minimum atomic E-state index is 0.330. The molecule has 0 aromatic heterocycles. The average Bonchev–Trinajstić information content (AvgIpc) is 2.86. The lowest BCUT2D eigenvalue weighted by molar-refractivity contribution is 0.475. The highest BCUT2D eigenvalue weighted by Crippen LogP contribution is 2.35. The fraction of sp³-hybridized carbons (Fsp3) is 0.294. The molecule has 0 bridgehead atoms. The first-order valence-corrected chi connectivity index (χ1v) is 7.82. The number of hydrogen-bond donors (Lipinski definition) is 2. The molecule has 0 radical (unpaired) electrons. The van der Waals surface area contributed by atoms with Gasteiger partial charge in [-0.15, -0.1) is 0 Å². The van der Waals surface area contributed by atoms with Gasteiger partial charge in [0.15, 0.2) is 0 Å². The van der Waals surface area contributed by atoms with Gasteiger partial charge in [0.25, 0.3) is 0 Å². The van der Waals surface area contributed by atoms with Crippen molar-refractivity contribution < 1.29 is 5.11 Å². The van der Waals surface area contributed by atoms with Gasteiger partial charge in [-0.2, -0.15) is 0 Å². The van der Waals surface area contributed by atoms with Crippen molar-refractivity contribution >= 4 is 15.9 Å². The summed E-state index contributed by atoms with van der Waals surface area (Å²) in [5.74, 6) is 0.330. The summed E-state index contributed by atoms with van der Waals surface area (Å²) in [6, 6.07) is 14.4. The van der Waals surface area contributed by atoms with Crippen LogP contribution in [0.2, 0.25) is 0 Å². The molecule has 3 rings (SSSR count). The van der Waals surface area contributed by atoms with Gasteiger partial charge in [0.2, 0.25) is 0 Å². The van der Waals surface area contributed by atoms with Crippen molar-refractivity contribution in [1.82, 2.24) is 5.32 Å². The molecule has 20 heavy (non-hydrogen) atoms. The summed E-state index contributed by atoms with van der Waals surface area (Å²) >= 11 is 3.63. The highest BCUT2D eigenvalue weighted by atomic mass is 79.9. The molecule has 0 saturated carbocycles. The van der Waals surface area contributed by atoms with E-state index in [9.17, 15) is 5.11 Å². The summed E-state index contributed by atoms with van der Waals surface area (Å²) in [5.41, 5.74) is 4.14. The first-order chi connectivity index (χ1) is 9.74. The van der Waals surface area contributed by atoms with Crippen molar-refractivity contribution in [2.75, 3.05) is 6.54 Å². The summed E-state index contributed by atoms with van der Waals surface area (Å²) in [6.45, 7) is 0.960. The summed E-state index contributed by atoms with van der Waals surface area (Å²) < 4.78 is 1.23. The SMILES string of the molecule is Oc1ccc(CCNC2CCc3c(Br)cccc32)cc1. The molecule has 0 fully saturated rings. The summed E-state index contributed by atoms with van der Waals surface area (Å²) in [4.78, 5) is 0. The minimum Gasteiger partial charge on any atom is -0.508 e. The zero-order chi connectivity index (χ0) is 13.9. The van der Waals surface area contributed by atoms with E-state index in [-0.39, 0.29) is 0 Å². The molecule has 1 atom stereocenters. The van der Waals surface area contributed by atoms with Gasteiger partial charge in [-0.1, -0.05) is 40.2 Å². The average molecular weight is 332 g/mol. The largest absolute Gasteiger partial charge is 0.508 e. The highest BCUT2D eigenvalue weighted by Gasteiger charge is 2.23. The number of halogens is 1. The molecule has 1 aliphatic rings. The second kappa shape index (κ2) is 5.98. The van der Waals surface area contributed by atoms with E-state index in [1.165, 1.54) is 27.6 Å². The Kier molecular flexibility index (Phi) is 4.08. The molecule has 0 aliphatic heterocycles. The van der Waals surface area contributed by atoms with Crippen molar-refractivity contribution in [2.24, 2.45) is 0 Å². The van der Waals surface area contributed by atoms with Crippen molar-refractivity contribution in [3.05, 3.63) is 63.6 Å². The molecule has 1 unspecified atom stereocenters. The van der Waals surface area contributed by atoms with Crippen molar-refractivity contribution in [3.8, 4) is 5.75 Å². The molecular weight excluding hydrogens is 314 g/mol. The standard InChI is InChI=1S/C17H18BrNO/c18-16-3-1-2-15-14(16)8-9-17(15)19-11-10-12-4-6-13(20)7-5-12/h1-7,17,19-20H,8-11H2. The number of hydrogen-bond acceptors (Lipinski definition) is 2. The van der Waals surface area contributed by atoms with E-state index in [0.717, 1.165) is 19.4 Å². The van der Waals surface area contributed by atoms with Gasteiger partial charge in [-0.25, -0.2) is 0 Å². The van der Waals surface area contributed by atoms with Gasteiger partial charge in [-0.3, -0.25) is 0 Å². The Balaban J connectivity index is 1.58. The molecule has 0 spiro atoms. The summed E-state index contributed by atoms with van der Waals surface area (Å²) in [5, 5.41) is 12.9. The Morgan fingerprint density at radius 1 is 1.15 bits per heavy atom. The molecule has 1 aliphatic carbocycles. The predicted molar refractivity (Wildman–Crippen MR) is 85.0 cm³/mol. The predicted octanol–water partition coefficient (Wildman–Crippen LogP) is 3.97. The Morgan fingerprint density at radius 3 is 2.75 bits per heavy atom. The smallest absolute Gasteiger partial charge is 0.115 e. The van der Waals surface area contributed by atoms with Crippen LogP contribution in [0, 0.1) is 0 Å². The van der Waals surface area contributed by atoms with Crippen molar-refractivity contribution in [2.45, 2.75) is 25.3 Å².